The Morgan fingerprint density at radius 1 is 1.30 bits per heavy atom. The Hall–Kier alpha value is -2.69. The van der Waals surface area contributed by atoms with E-state index in [1.54, 1.807) is 6.92 Å². The molecule has 0 aliphatic carbocycles. The van der Waals surface area contributed by atoms with Crippen molar-refractivity contribution in [2.45, 2.75) is 13.3 Å². The van der Waals surface area contributed by atoms with Crippen LogP contribution in [0.25, 0.3) is 0 Å². The van der Waals surface area contributed by atoms with Crippen molar-refractivity contribution in [2.24, 2.45) is 0 Å². The van der Waals surface area contributed by atoms with Gasteiger partial charge in [0.05, 0.1) is 0 Å². The quantitative estimate of drug-likeness (QED) is 0.215. The first-order valence-corrected chi connectivity index (χ1v) is 5.91. The third kappa shape index (κ3) is 3.65. The number of rotatable bonds is 6. The van der Waals surface area contributed by atoms with E-state index in [9.17, 15) is 14.4 Å². The van der Waals surface area contributed by atoms with Gasteiger partial charge in [0, 0.05) is 6.42 Å². The minimum atomic E-state index is -1.22. The van der Waals surface area contributed by atoms with Crippen molar-refractivity contribution < 1.29 is 24.2 Å². The zero-order valence-corrected chi connectivity index (χ0v) is 11.0. The van der Waals surface area contributed by atoms with Gasteiger partial charge >= 0.3 is 11.9 Å². The average Bonchev–Trinajstić information content (AvgIpc) is 2.44. The first-order chi connectivity index (χ1) is 9.51. The molecule has 1 aromatic rings. The molecule has 5 nitrogen and oxygen atoms in total. The Morgan fingerprint density at radius 3 is 2.50 bits per heavy atom. The number of carbonyl (C=O) groups is 3. The fraction of sp³-hybridized carbons (Fsp3) is 0.133. The van der Waals surface area contributed by atoms with Gasteiger partial charge in [-0.2, -0.15) is 0 Å². The van der Waals surface area contributed by atoms with E-state index in [4.69, 9.17) is 9.84 Å². The number of hydrogen-bond acceptors (Lipinski definition) is 4. The summed E-state index contributed by atoms with van der Waals surface area (Å²) in [7, 11) is 0. The highest BCUT2D eigenvalue weighted by Crippen LogP contribution is 2.19. The maximum atomic E-state index is 11.9. The van der Waals surface area contributed by atoms with E-state index in [0.29, 0.717) is 0 Å². The highest BCUT2D eigenvalue weighted by Gasteiger charge is 2.20. The molecule has 104 valence electrons. The molecule has 0 aliphatic heterocycles. The molecule has 0 heterocycles. The minimum Gasteiger partial charge on any atom is -0.478 e. The molecule has 0 amide bonds. The van der Waals surface area contributed by atoms with Gasteiger partial charge in [0.15, 0.2) is 5.78 Å². The molecule has 0 spiro atoms. The Labute approximate surface area is 116 Å². The number of para-hydroxylation sites is 1. The van der Waals surface area contributed by atoms with Crippen LogP contribution >= 0.6 is 0 Å². The fourth-order valence-corrected chi connectivity index (χ4v) is 1.47. The molecule has 0 fully saturated rings. The molecular weight excluding hydrogens is 260 g/mol. The monoisotopic (exact) mass is 274 g/mol. The van der Waals surface area contributed by atoms with Crippen molar-refractivity contribution in [1.29, 1.82) is 0 Å². The minimum absolute atomic E-state index is 0.108. The highest BCUT2D eigenvalue weighted by molar-refractivity contribution is 6.18. The molecule has 20 heavy (non-hydrogen) atoms. The fourth-order valence-electron chi connectivity index (χ4n) is 1.47. The lowest BCUT2D eigenvalue weighted by atomic mass is 10.1. The molecule has 0 radical (unpaired) electrons. The van der Waals surface area contributed by atoms with Crippen molar-refractivity contribution in [3.63, 3.8) is 0 Å². The summed E-state index contributed by atoms with van der Waals surface area (Å²) in [4.78, 5) is 34.5. The Balaban J connectivity index is 3.06. The number of aromatic carboxylic acids is 1. The number of ether oxygens (including phenoxy) is 1. The van der Waals surface area contributed by atoms with E-state index in [2.05, 4.69) is 6.58 Å². The van der Waals surface area contributed by atoms with Gasteiger partial charge in [0.2, 0.25) is 0 Å². The van der Waals surface area contributed by atoms with Crippen LogP contribution in [-0.4, -0.2) is 22.8 Å². The molecule has 0 unspecified atom stereocenters. The van der Waals surface area contributed by atoms with Crippen LogP contribution in [0, 0.1) is 0 Å². The van der Waals surface area contributed by atoms with Gasteiger partial charge in [0.1, 0.15) is 16.9 Å². The lowest BCUT2D eigenvalue weighted by Gasteiger charge is -2.08. The Bertz CT molecular complexity index is 584. The molecule has 5 heteroatoms. The van der Waals surface area contributed by atoms with Crippen molar-refractivity contribution >= 4 is 17.7 Å². The van der Waals surface area contributed by atoms with Crippen molar-refractivity contribution in [3.05, 3.63) is 54.1 Å². The third-order valence-corrected chi connectivity index (χ3v) is 2.45. The summed E-state index contributed by atoms with van der Waals surface area (Å²) in [5, 5.41) is 8.99. The summed E-state index contributed by atoms with van der Waals surface area (Å²) in [6, 6.07) is 5.71. The average molecular weight is 274 g/mol. The second-order valence-corrected chi connectivity index (χ2v) is 3.78. The summed E-state index contributed by atoms with van der Waals surface area (Å²) in [6.07, 6.45) is 2.68. The maximum Gasteiger partial charge on any atom is 0.347 e. The topological polar surface area (TPSA) is 80.7 Å². The normalized spacial score (nSPS) is 10.8. The maximum absolute atomic E-state index is 11.9. The van der Waals surface area contributed by atoms with Gasteiger partial charge in [-0.3, -0.25) is 4.79 Å². The van der Waals surface area contributed by atoms with E-state index in [1.165, 1.54) is 36.4 Å². The molecule has 0 aromatic heterocycles. The van der Waals surface area contributed by atoms with Gasteiger partial charge in [-0.15, -0.1) is 0 Å². The van der Waals surface area contributed by atoms with Crippen LogP contribution in [0.2, 0.25) is 0 Å². The molecule has 0 aliphatic rings. The zero-order chi connectivity index (χ0) is 15.1. The molecule has 1 N–H and O–H groups in total. The number of ketones is 1. The number of hydrogen-bond donors (Lipinski definition) is 1. The van der Waals surface area contributed by atoms with E-state index < -0.39 is 17.7 Å². The molecule has 0 saturated heterocycles. The second kappa shape index (κ2) is 7.04. The predicted molar refractivity (Wildman–Crippen MR) is 72.6 cm³/mol. The molecular formula is C15H14O5. The van der Waals surface area contributed by atoms with Crippen LogP contribution in [0.1, 0.15) is 23.7 Å². The summed E-state index contributed by atoms with van der Waals surface area (Å²) in [5.41, 5.74) is -0.314. The first kappa shape index (κ1) is 15.4. The highest BCUT2D eigenvalue weighted by atomic mass is 16.5. The van der Waals surface area contributed by atoms with E-state index in [1.807, 2.05) is 0 Å². The SMILES string of the molecule is C=C/C=C(\C(=O)CC)C(=O)Oc1ccccc1C(=O)O. The summed E-state index contributed by atoms with van der Waals surface area (Å²) in [6.45, 7) is 5.03. The van der Waals surface area contributed by atoms with E-state index >= 15 is 0 Å². The van der Waals surface area contributed by atoms with Crippen LogP contribution in [0.5, 0.6) is 5.75 Å². The number of benzene rings is 1. The van der Waals surface area contributed by atoms with Crippen LogP contribution < -0.4 is 4.74 Å². The molecule has 1 aromatic carbocycles. The molecule has 0 atom stereocenters. The zero-order valence-electron chi connectivity index (χ0n) is 11.0. The second-order valence-electron chi connectivity index (χ2n) is 3.78. The summed E-state index contributed by atoms with van der Waals surface area (Å²) >= 11 is 0. The van der Waals surface area contributed by atoms with Crippen LogP contribution in [0.3, 0.4) is 0 Å². The Kier molecular flexibility index (Phi) is 5.41. The number of carboxylic acid groups (broad SMARTS) is 1. The van der Waals surface area contributed by atoms with Crippen LogP contribution in [-0.2, 0) is 9.59 Å². The number of allylic oxidation sites excluding steroid dienone is 2. The molecule has 0 bridgehead atoms. The Morgan fingerprint density at radius 2 is 1.95 bits per heavy atom. The number of Topliss-reactive ketones (excluding diaryl/α,β-unsaturated/α-hetero) is 1. The number of carbonyl (C=O) groups excluding carboxylic acids is 2. The summed E-state index contributed by atoms with van der Waals surface area (Å²) < 4.78 is 4.99. The smallest absolute Gasteiger partial charge is 0.347 e. The third-order valence-electron chi connectivity index (χ3n) is 2.45. The largest absolute Gasteiger partial charge is 0.478 e. The predicted octanol–water partition coefficient (Wildman–Crippen LogP) is 2.38. The van der Waals surface area contributed by atoms with Crippen molar-refractivity contribution in [3.8, 4) is 5.75 Å². The van der Waals surface area contributed by atoms with E-state index in [0.717, 1.165) is 0 Å². The van der Waals surface area contributed by atoms with Crippen LogP contribution in [0.4, 0.5) is 0 Å². The standard InChI is InChI=1S/C15H14O5/c1-3-7-10(12(16)4-2)15(19)20-13-9-6-5-8-11(13)14(17)18/h3,5-9H,1,4H2,2H3,(H,17,18)/b10-7+. The number of carboxylic acids is 1. The van der Waals surface area contributed by atoms with Crippen LogP contribution in [0.15, 0.2) is 48.6 Å². The van der Waals surface area contributed by atoms with Crippen molar-refractivity contribution in [1.82, 2.24) is 0 Å². The van der Waals surface area contributed by atoms with Gasteiger partial charge in [-0.05, 0) is 18.2 Å². The van der Waals surface area contributed by atoms with Gasteiger partial charge in [-0.25, -0.2) is 9.59 Å². The van der Waals surface area contributed by atoms with Crippen molar-refractivity contribution in [2.75, 3.05) is 0 Å². The van der Waals surface area contributed by atoms with Gasteiger partial charge in [0.25, 0.3) is 0 Å². The van der Waals surface area contributed by atoms with E-state index in [-0.39, 0.29) is 23.3 Å². The molecule has 0 saturated carbocycles. The van der Waals surface area contributed by atoms with Gasteiger partial charge < -0.3 is 9.84 Å². The van der Waals surface area contributed by atoms with Gasteiger partial charge in [-0.1, -0.05) is 31.7 Å². The lowest BCUT2D eigenvalue weighted by molar-refractivity contribution is -0.132. The number of esters is 1. The molecule has 1 rings (SSSR count). The summed E-state index contributed by atoms with van der Waals surface area (Å²) in [5.74, 6) is -2.62. The lowest BCUT2D eigenvalue weighted by Crippen LogP contribution is -2.19. The first-order valence-electron chi connectivity index (χ1n) is 5.91.